The minimum Gasteiger partial charge on any atom is -0.385 e. The van der Waals surface area contributed by atoms with Crippen LogP contribution < -0.4 is 5.32 Å². The molecule has 17 heavy (non-hydrogen) atoms. The van der Waals surface area contributed by atoms with Crippen molar-refractivity contribution in [3.63, 3.8) is 0 Å². The van der Waals surface area contributed by atoms with E-state index in [1.54, 1.807) is 0 Å². The number of aromatic nitrogens is 3. The first-order valence-electron chi connectivity index (χ1n) is 5.88. The zero-order valence-electron chi connectivity index (χ0n) is 10.5. The maximum atomic E-state index is 4.32. The molecule has 2 N–H and O–H groups in total. The first kappa shape index (κ1) is 11.6. The molecule has 2 rings (SSSR count). The van der Waals surface area contributed by atoms with Crippen LogP contribution in [-0.2, 0) is 0 Å². The molecule has 0 radical (unpaired) electrons. The summed E-state index contributed by atoms with van der Waals surface area (Å²) in [6.07, 6.45) is 0. The lowest BCUT2D eigenvalue weighted by molar-refractivity contribution is 0.689. The van der Waals surface area contributed by atoms with Crippen LogP contribution >= 0.6 is 0 Å². The standard InChI is InChI=1S/C13H18N4/c1-9(2)8-14-12-6-4-5-11(7-12)13-15-10(3)16-17-13/h4-7,9,14H,8H2,1-3H3,(H,15,16,17). The molecular weight excluding hydrogens is 212 g/mol. The van der Waals surface area contributed by atoms with Crippen molar-refractivity contribution in [3.8, 4) is 11.4 Å². The van der Waals surface area contributed by atoms with Crippen LogP contribution in [0.15, 0.2) is 24.3 Å². The van der Waals surface area contributed by atoms with Crippen LogP contribution in [0.1, 0.15) is 19.7 Å². The summed E-state index contributed by atoms with van der Waals surface area (Å²) in [5.74, 6) is 2.21. The Bertz CT molecular complexity index is 488. The van der Waals surface area contributed by atoms with Crippen molar-refractivity contribution < 1.29 is 0 Å². The fourth-order valence-corrected chi connectivity index (χ4v) is 1.56. The molecule has 1 heterocycles. The normalized spacial score (nSPS) is 10.8. The number of benzene rings is 1. The summed E-state index contributed by atoms with van der Waals surface area (Å²) in [6.45, 7) is 7.25. The molecular formula is C13H18N4. The number of hydrogen-bond acceptors (Lipinski definition) is 3. The molecule has 0 amide bonds. The van der Waals surface area contributed by atoms with E-state index in [4.69, 9.17) is 0 Å². The third-order valence-corrected chi connectivity index (χ3v) is 2.43. The van der Waals surface area contributed by atoms with Gasteiger partial charge in [-0.25, -0.2) is 4.98 Å². The van der Waals surface area contributed by atoms with Crippen LogP contribution in [0.2, 0.25) is 0 Å². The fraction of sp³-hybridized carbons (Fsp3) is 0.385. The van der Waals surface area contributed by atoms with Crippen LogP contribution in [0.5, 0.6) is 0 Å². The lowest BCUT2D eigenvalue weighted by Crippen LogP contribution is -2.07. The topological polar surface area (TPSA) is 53.6 Å². The monoisotopic (exact) mass is 230 g/mol. The Labute approximate surface area is 101 Å². The molecule has 0 unspecified atom stereocenters. The van der Waals surface area contributed by atoms with Crippen LogP contribution in [0.25, 0.3) is 11.4 Å². The SMILES string of the molecule is Cc1nc(-c2cccc(NCC(C)C)c2)n[nH]1. The summed E-state index contributed by atoms with van der Waals surface area (Å²) >= 11 is 0. The molecule has 0 spiro atoms. The van der Waals surface area contributed by atoms with Gasteiger partial charge < -0.3 is 5.32 Å². The van der Waals surface area contributed by atoms with Gasteiger partial charge in [-0.1, -0.05) is 26.0 Å². The fourth-order valence-electron chi connectivity index (χ4n) is 1.56. The highest BCUT2D eigenvalue weighted by Gasteiger charge is 2.04. The van der Waals surface area contributed by atoms with Crippen LogP contribution in [0, 0.1) is 12.8 Å². The molecule has 0 fully saturated rings. The van der Waals surface area contributed by atoms with Crippen molar-refractivity contribution in [2.45, 2.75) is 20.8 Å². The number of nitrogens with zero attached hydrogens (tertiary/aromatic N) is 2. The van der Waals surface area contributed by atoms with Crippen molar-refractivity contribution in [2.75, 3.05) is 11.9 Å². The summed E-state index contributed by atoms with van der Waals surface area (Å²) in [7, 11) is 0. The Kier molecular flexibility index (Phi) is 3.42. The van der Waals surface area contributed by atoms with E-state index >= 15 is 0 Å². The van der Waals surface area contributed by atoms with Gasteiger partial charge in [0, 0.05) is 17.8 Å². The van der Waals surface area contributed by atoms with Crippen LogP contribution in [0.4, 0.5) is 5.69 Å². The molecule has 0 saturated carbocycles. The third-order valence-electron chi connectivity index (χ3n) is 2.43. The number of rotatable bonds is 4. The Balaban J connectivity index is 2.16. The van der Waals surface area contributed by atoms with E-state index < -0.39 is 0 Å². The minimum absolute atomic E-state index is 0.629. The molecule has 0 aliphatic rings. The lowest BCUT2D eigenvalue weighted by atomic mass is 10.1. The van der Waals surface area contributed by atoms with Crippen molar-refractivity contribution in [1.29, 1.82) is 0 Å². The highest BCUT2D eigenvalue weighted by Crippen LogP contribution is 2.19. The molecule has 1 aromatic carbocycles. The molecule has 4 nitrogen and oxygen atoms in total. The smallest absolute Gasteiger partial charge is 0.181 e. The van der Waals surface area contributed by atoms with E-state index in [0.29, 0.717) is 5.92 Å². The zero-order chi connectivity index (χ0) is 12.3. The van der Waals surface area contributed by atoms with Crippen molar-refractivity contribution >= 4 is 5.69 Å². The van der Waals surface area contributed by atoms with Gasteiger partial charge in [-0.3, -0.25) is 5.10 Å². The largest absolute Gasteiger partial charge is 0.385 e. The van der Waals surface area contributed by atoms with E-state index in [1.165, 1.54) is 0 Å². The molecule has 0 bridgehead atoms. The zero-order valence-corrected chi connectivity index (χ0v) is 10.5. The molecule has 4 heteroatoms. The Hall–Kier alpha value is -1.84. The molecule has 0 aliphatic heterocycles. The second-order valence-electron chi connectivity index (χ2n) is 4.60. The number of aryl methyl sites for hydroxylation is 1. The highest BCUT2D eigenvalue weighted by molar-refractivity contribution is 5.62. The predicted octanol–water partition coefficient (Wildman–Crippen LogP) is 2.85. The van der Waals surface area contributed by atoms with Gasteiger partial charge in [0.2, 0.25) is 0 Å². The van der Waals surface area contributed by atoms with Crippen molar-refractivity contribution in [1.82, 2.24) is 15.2 Å². The lowest BCUT2D eigenvalue weighted by Gasteiger charge is -2.09. The highest BCUT2D eigenvalue weighted by atomic mass is 15.2. The average Bonchev–Trinajstić information content (AvgIpc) is 2.74. The van der Waals surface area contributed by atoms with E-state index in [2.05, 4.69) is 46.5 Å². The average molecular weight is 230 g/mol. The van der Waals surface area contributed by atoms with Gasteiger partial charge in [-0.05, 0) is 25.0 Å². The van der Waals surface area contributed by atoms with Gasteiger partial charge in [0.15, 0.2) is 5.82 Å². The first-order chi connectivity index (χ1) is 8.15. The summed E-state index contributed by atoms with van der Waals surface area (Å²) < 4.78 is 0. The summed E-state index contributed by atoms with van der Waals surface area (Å²) in [5, 5.41) is 10.4. The molecule has 1 aromatic heterocycles. The van der Waals surface area contributed by atoms with Gasteiger partial charge in [0.05, 0.1) is 0 Å². The van der Waals surface area contributed by atoms with Gasteiger partial charge in [0.1, 0.15) is 5.82 Å². The number of nitrogens with one attached hydrogen (secondary N) is 2. The van der Waals surface area contributed by atoms with E-state index in [1.807, 2.05) is 19.1 Å². The minimum atomic E-state index is 0.629. The molecule has 0 saturated heterocycles. The third kappa shape index (κ3) is 3.06. The first-order valence-corrected chi connectivity index (χ1v) is 5.88. The van der Waals surface area contributed by atoms with Gasteiger partial charge in [-0.2, -0.15) is 5.10 Å². The Morgan fingerprint density at radius 2 is 2.18 bits per heavy atom. The Morgan fingerprint density at radius 3 is 2.82 bits per heavy atom. The number of hydrogen-bond donors (Lipinski definition) is 2. The second kappa shape index (κ2) is 4.99. The number of aromatic amines is 1. The quantitative estimate of drug-likeness (QED) is 0.849. The predicted molar refractivity (Wildman–Crippen MR) is 69.9 cm³/mol. The van der Waals surface area contributed by atoms with E-state index in [9.17, 15) is 0 Å². The number of H-pyrrole nitrogens is 1. The molecule has 0 aliphatic carbocycles. The molecule has 2 aromatic rings. The van der Waals surface area contributed by atoms with E-state index in [-0.39, 0.29) is 0 Å². The molecule has 90 valence electrons. The van der Waals surface area contributed by atoms with Gasteiger partial charge in [0.25, 0.3) is 0 Å². The summed E-state index contributed by atoms with van der Waals surface area (Å²) in [6, 6.07) is 8.17. The van der Waals surface area contributed by atoms with E-state index in [0.717, 1.165) is 29.4 Å². The van der Waals surface area contributed by atoms with Gasteiger partial charge >= 0.3 is 0 Å². The summed E-state index contributed by atoms with van der Waals surface area (Å²) in [5.41, 5.74) is 2.14. The Morgan fingerprint density at radius 1 is 1.35 bits per heavy atom. The molecule has 0 atom stereocenters. The number of anilines is 1. The van der Waals surface area contributed by atoms with Crippen LogP contribution in [-0.4, -0.2) is 21.7 Å². The maximum Gasteiger partial charge on any atom is 0.181 e. The van der Waals surface area contributed by atoms with Crippen molar-refractivity contribution in [3.05, 3.63) is 30.1 Å². The summed E-state index contributed by atoms with van der Waals surface area (Å²) in [4.78, 5) is 4.32. The van der Waals surface area contributed by atoms with Gasteiger partial charge in [-0.15, -0.1) is 0 Å². The van der Waals surface area contributed by atoms with Crippen LogP contribution in [0.3, 0.4) is 0 Å². The van der Waals surface area contributed by atoms with Crippen molar-refractivity contribution in [2.24, 2.45) is 5.92 Å². The maximum absolute atomic E-state index is 4.32. The second-order valence-corrected chi connectivity index (χ2v) is 4.60.